The van der Waals surface area contributed by atoms with Gasteiger partial charge in [-0.2, -0.15) is 0 Å². The van der Waals surface area contributed by atoms with Crippen molar-refractivity contribution < 1.29 is 24.6 Å². The van der Waals surface area contributed by atoms with E-state index in [1.54, 1.807) is 18.2 Å². The quantitative estimate of drug-likeness (QED) is 0.338. The SMILES string of the molecule is CCCC(=O)Nc1ccc2ncnc(NC=C(C(=O)O)C(=O)O)c2c1. The summed E-state index contributed by atoms with van der Waals surface area (Å²) in [6.07, 6.45) is 3.20. The molecule has 0 spiro atoms. The molecular weight excluding hydrogens is 328 g/mol. The third kappa shape index (κ3) is 4.50. The minimum absolute atomic E-state index is 0.132. The molecule has 0 fully saturated rings. The molecule has 1 heterocycles. The first kappa shape index (κ1) is 17.9. The van der Waals surface area contributed by atoms with Gasteiger partial charge >= 0.3 is 11.9 Å². The molecule has 2 rings (SSSR count). The van der Waals surface area contributed by atoms with Crippen molar-refractivity contribution >= 4 is 40.3 Å². The number of aromatic nitrogens is 2. The zero-order chi connectivity index (χ0) is 18.4. The number of carbonyl (C=O) groups excluding carboxylic acids is 1. The van der Waals surface area contributed by atoms with E-state index >= 15 is 0 Å². The first-order valence-electron chi connectivity index (χ1n) is 7.40. The van der Waals surface area contributed by atoms with Gasteiger partial charge in [-0.3, -0.25) is 4.79 Å². The van der Waals surface area contributed by atoms with Crippen molar-refractivity contribution in [1.82, 2.24) is 9.97 Å². The Morgan fingerprint density at radius 1 is 1.16 bits per heavy atom. The number of carboxylic acid groups (broad SMARTS) is 2. The van der Waals surface area contributed by atoms with Crippen molar-refractivity contribution in [3.63, 3.8) is 0 Å². The summed E-state index contributed by atoms with van der Waals surface area (Å²) in [4.78, 5) is 41.6. The molecule has 0 bridgehead atoms. The van der Waals surface area contributed by atoms with Crippen LogP contribution in [-0.4, -0.2) is 38.0 Å². The monoisotopic (exact) mass is 344 g/mol. The first-order valence-corrected chi connectivity index (χ1v) is 7.40. The van der Waals surface area contributed by atoms with Crippen LogP contribution in [0.5, 0.6) is 0 Å². The lowest BCUT2D eigenvalue weighted by Gasteiger charge is -2.08. The lowest BCUT2D eigenvalue weighted by atomic mass is 10.2. The summed E-state index contributed by atoms with van der Waals surface area (Å²) in [7, 11) is 0. The first-order chi connectivity index (χ1) is 11.9. The number of rotatable bonds is 7. The van der Waals surface area contributed by atoms with Crippen LogP contribution in [0.15, 0.2) is 36.3 Å². The van der Waals surface area contributed by atoms with Crippen molar-refractivity contribution in [3.8, 4) is 0 Å². The highest BCUT2D eigenvalue weighted by atomic mass is 16.4. The summed E-state index contributed by atoms with van der Waals surface area (Å²) in [5.74, 6) is -3.07. The van der Waals surface area contributed by atoms with Crippen LogP contribution in [0, 0.1) is 0 Å². The number of aliphatic carboxylic acids is 2. The highest BCUT2D eigenvalue weighted by Crippen LogP contribution is 2.23. The molecule has 2 aromatic rings. The fourth-order valence-electron chi connectivity index (χ4n) is 2.06. The molecule has 1 aromatic carbocycles. The molecule has 1 aromatic heterocycles. The summed E-state index contributed by atoms with van der Waals surface area (Å²) < 4.78 is 0. The Balaban J connectivity index is 2.36. The number of fused-ring (bicyclic) bond motifs is 1. The van der Waals surface area contributed by atoms with Gasteiger partial charge in [0.05, 0.1) is 5.52 Å². The molecule has 4 N–H and O–H groups in total. The van der Waals surface area contributed by atoms with Gasteiger partial charge in [-0.05, 0) is 24.6 Å². The van der Waals surface area contributed by atoms with E-state index in [0.717, 1.165) is 6.20 Å². The standard InChI is InChI=1S/C16H16N4O5/c1-2-3-13(21)20-9-4-5-12-10(6-9)14(19-8-18-12)17-7-11(15(22)23)16(24)25/h4-8H,2-3H2,1H3,(H,20,21)(H,22,23)(H,24,25)(H,17,18,19). The van der Waals surface area contributed by atoms with Crippen LogP contribution in [0.2, 0.25) is 0 Å². The van der Waals surface area contributed by atoms with E-state index < -0.39 is 17.5 Å². The number of nitrogens with one attached hydrogen (secondary N) is 2. The summed E-state index contributed by atoms with van der Waals surface area (Å²) in [6.45, 7) is 1.89. The second-order valence-corrected chi connectivity index (χ2v) is 5.07. The summed E-state index contributed by atoms with van der Waals surface area (Å²) in [5.41, 5.74) is 0.246. The highest BCUT2D eigenvalue weighted by molar-refractivity contribution is 6.12. The van der Waals surface area contributed by atoms with Crippen LogP contribution in [-0.2, 0) is 14.4 Å². The fourth-order valence-corrected chi connectivity index (χ4v) is 2.06. The summed E-state index contributed by atoms with van der Waals surface area (Å²) in [5, 5.41) is 23.5. The van der Waals surface area contributed by atoms with Gasteiger partial charge < -0.3 is 20.8 Å². The van der Waals surface area contributed by atoms with Crippen LogP contribution in [0.1, 0.15) is 19.8 Å². The molecular formula is C16H16N4O5. The van der Waals surface area contributed by atoms with E-state index in [2.05, 4.69) is 20.6 Å². The maximum atomic E-state index is 11.7. The molecule has 0 aliphatic carbocycles. The molecule has 0 saturated heterocycles. The number of nitrogens with zero attached hydrogens (tertiary/aromatic N) is 2. The fraction of sp³-hybridized carbons (Fsp3) is 0.188. The normalized spacial score (nSPS) is 10.1. The largest absolute Gasteiger partial charge is 0.477 e. The molecule has 130 valence electrons. The Morgan fingerprint density at radius 2 is 1.88 bits per heavy atom. The molecule has 25 heavy (non-hydrogen) atoms. The Bertz CT molecular complexity index is 847. The maximum Gasteiger partial charge on any atom is 0.344 e. The van der Waals surface area contributed by atoms with Crippen LogP contribution in [0.3, 0.4) is 0 Å². The van der Waals surface area contributed by atoms with Gasteiger partial charge in [-0.25, -0.2) is 19.6 Å². The van der Waals surface area contributed by atoms with Crippen molar-refractivity contribution in [3.05, 3.63) is 36.3 Å². The van der Waals surface area contributed by atoms with Crippen LogP contribution in [0.25, 0.3) is 10.9 Å². The summed E-state index contributed by atoms with van der Waals surface area (Å²) in [6, 6.07) is 4.98. The number of carbonyl (C=O) groups is 3. The Morgan fingerprint density at radius 3 is 2.52 bits per heavy atom. The molecule has 0 radical (unpaired) electrons. The topological polar surface area (TPSA) is 142 Å². The van der Waals surface area contributed by atoms with Gasteiger partial charge in [0.2, 0.25) is 5.91 Å². The number of benzene rings is 1. The molecule has 0 atom stereocenters. The number of hydrogen-bond acceptors (Lipinski definition) is 6. The van der Waals surface area contributed by atoms with E-state index in [-0.39, 0.29) is 11.7 Å². The number of anilines is 2. The van der Waals surface area contributed by atoms with Gasteiger partial charge in [-0.15, -0.1) is 0 Å². The van der Waals surface area contributed by atoms with Gasteiger partial charge in [0.15, 0.2) is 5.57 Å². The third-order valence-electron chi connectivity index (χ3n) is 3.21. The van der Waals surface area contributed by atoms with Crippen molar-refractivity contribution in [1.29, 1.82) is 0 Å². The zero-order valence-electron chi connectivity index (χ0n) is 13.3. The van der Waals surface area contributed by atoms with Gasteiger partial charge in [-0.1, -0.05) is 6.92 Å². The van der Waals surface area contributed by atoms with E-state index in [0.29, 0.717) is 29.4 Å². The molecule has 9 nitrogen and oxygen atoms in total. The number of amides is 1. The van der Waals surface area contributed by atoms with E-state index in [4.69, 9.17) is 10.2 Å². The molecule has 0 saturated carbocycles. The van der Waals surface area contributed by atoms with Gasteiger partial charge in [0, 0.05) is 23.7 Å². The van der Waals surface area contributed by atoms with Crippen molar-refractivity contribution in [2.75, 3.05) is 10.6 Å². The third-order valence-corrected chi connectivity index (χ3v) is 3.21. The molecule has 1 amide bonds. The highest BCUT2D eigenvalue weighted by Gasteiger charge is 2.16. The van der Waals surface area contributed by atoms with Gasteiger partial charge in [0.1, 0.15) is 12.1 Å². The van der Waals surface area contributed by atoms with Crippen LogP contribution < -0.4 is 10.6 Å². The van der Waals surface area contributed by atoms with E-state index in [1.807, 2.05) is 6.92 Å². The molecule has 0 aliphatic rings. The molecule has 9 heteroatoms. The summed E-state index contributed by atoms with van der Waals surface area (Å²) >= 11 is 0. The van der Waals surface area contributed by atoms with Crippen LogP contribution >= 0.6 is 0 Å². The average Bonchev–Trinajstić information content (AvgIpc) is 2.54. The smallest absolute Gasteiger partial charge is 0.344 e. The Labute approximate surface area is 142 Å². The van der Waals surface area contributed by atoms with Crippen molar-refractivity contribution in [2.45, 2.75) is 19.8 Å². The average molecular weight is 344 g/mol. The molecule has 0 aliphatic heterocycles. The van der Waals surface area contributed by atoms with Crippen molar-refractivity contribution in [2.24, 2.45) is 0 Å². The Hall–Kier alpha value is -3.49. The lowest BCUT2D eigenvalue weighted by Crippen LogP contribution is -2.13. The predicted molar refractivity (Wildman–Crippen MR) is 90.1 cm³/mol. The number of carboxylic acids is 2. The minimum Gasteiger partial charge on any atom is -0.477 e. The van der Waals surface area contributed by atoms with E-state index in [1.165, 1.54) is 6.33 Å². The second kappa shape index (κ2) is 7.86. The zero-order valence-corrected chi connectivity index (χ0v) is 13.3. The number of hydrogen-bond donors (Lipinski definition) is 4. The molecule has 0 unspecified atom stereocenters. The van der Waals surface area contributed by atoms with Crippen LogP contribution in [0.4, 0.5) is 11.5 Å². The predicted octanol–water partition coefficient (Wildman–Crippen LogP) is 1.83. The lowest BCUT2D eigenvalue weighted by molar-refractivity contribution is -0.140. The Kier molecular flexibility index (Phi) is 5.62. The van der Waals surface area contributed by atoms with E-state index in [9.17, 15) is 14.4 Å². The van der Waals surface area contributed by atoms with Gasteiger partial charge in [0.25, 0.3) is 0 Å². The maximum absolute atomic E-state index is 11.7. The minimum atomic E-state index is -1.58. The second-order valence-electron chi connectivity index (χ2n) is 5.07.